The first-order chi connectivity index (χ1) is 19.1. The number of ether oxygens (including phenoxy) is 2. The molecule has 12 heteroatoms. The van der Waals surface area contributed by atoms with Gasteiger partial charge in [-0.3, -0.25) is 14.4 Å². The Labute approximate surface area is 227 Å². The van der Waals surface area contributed by atoms with Crippen molar-refractivity contribution in [3.8, 4) is 11.5 Å². The highest BCUT2D eigenvalue weighted by Crippen LogP contribution is 2.31. The number of hydrogen-bond acceptors (Lipinski definition) is 6. The molecule has 0 spiro atoms. The van der Waals surface area contributed by atoms with Gasteiger partial charge in [-0.2, -0.15) is 18.3 Å². The van der Waals surface area contributed by atoms with E-state index >= 15 is 0 Å². The number of hydrazone groups is 1. The number of nitrogens with one attached hydrogen (secondary N) is 2. The molecule has 1 aliphatic heterocycles. The fourth-order valence-electron chi connectivity index (χ4n) is 3.93. The largest absolute Gasteiger partial charge is 0.497 e. The Bertz CT molecular complexity index is 1390. The minimum absolute atomic E-state index is 0.00689. The molecule has 208 valence electrons. The molecule has 0 radical (unpaired) electrons. The Hall–Kier alpha value is -4.87. The van der Waals surface area contributed by atoms with E-state index in [1.807, 2.05) is 0 Å². The van der Waals surface area contributed by atoms with Crippen molar-refractivity contribution >= 4 is 35.3 Å². The van der Waals surface area contributed by atoms with Gasteiger partial charge in [0, 0.05) is 24.3 Å². The summed E-state index contributed by atoms with van der Waals surface area (Å²) in [6.07, 6.45) is -3.03. The summed E-state index contributed by atoms with van der Waals surface area (Å²) < 4.78 is 49.0. The molecule has 1 atom stereocenters. The molecule has 1 heterocycles. The van der Waals surface area contributed by atoms with Gasteiger partial charge in [-0.15, -0.1) is 0 Å². The average Bonchev–Trinajstić information content (AvgIpc) is 3.34. The molecular weight excluding hydrogens is 529 g/mol. The minimum atomic E-state index is -4.51. The maximum Gasteiger partial charge on any atom is 0.416 e. The number of carbonyl (C=O) groups excluding carboxylic acids is 3. The summed E-state index contributed by atoms with van der Waals surface area (Å²) in [6.45, 7) is -0.173. The number of benzene rings is 3. The van der Waals surface area contributed by atoms with Gasteiger partial charge >= 0.3 is 6.18 Å². The van der Waals surface area contributed by atoms with Crippen molar-refractivity contribution in [3.05, 3.63) is 83.9 Å². The van der Waals surface area contributed by atoms with Crippen LogP contribution in [0.1, 0.15) is 17.5 Å². The van der Waals surface area contributed by atoms with Crippen LogP contribution in [0.5, 0.6) is 11.5 Å². The number of anilines is 2. The van der Waals surface area contributed by atoms with Crippen LogP contribution in [0.15, 0.2) is 77.9 Å². The molecule has 4 rings (SSSR count). The lowest BCUT2D eigenvalue weighted by Crippen LogP contribution is -2.30. The van der Waals surface area contributed by atoms with Crippen molar-refractivity contribution < 1.29 is 37.0 Å². The van der Waals surface area contributed by atoms with Gasteiger partial charge in [0.25, 0.3) is 5.91 Å². The van der Waals surface area contributed by atoms with Gasteiger partial charge in [-0.1, -0.05) is 6.07 Å². The predicted octanol–water partition coefficient (Wildman–Crippen LogP) is 4.23. The lowest BCUT2D eigenvalue weighted by atomic mass is 10.1. The first kappa shape index (κ1) is 28.1. The zero-order valence-electron chi connectivity index (χ0n) is 21.3. The molecule has 0 aromatic heterocycles. The number of rotatable bonds is 9. The molecular formula is C28H25F3N4O5. The lowest BCUT2D eigenvalue weighted by Gasteiger charge is -2.16. The molecule has 3 aromatic rings. The summed E-state index contributed by atoms with van der Waals surface area (Å²) in [5, 5.41) is 6.31. The molecule has 0 unspecified atom stereocenters. The van der Waals surface area contributed by atoms with E-state index in [2.05, 4.69) is 15.8 Å². The highest BCUT2D eigenvalue weighted by atomic mass is 19.4. The Kier molecular flexibility index (Phi) is 8.67. The quantitative estimate of drug-likeness (QED) is 0.304. The Morgan fingerprint density at radius 3 is 2.42 bits per heavy atom. The van der Waals surface area contributed by atoms with Crippen LogP contribution in [-0.4, -0.2) is 44.2 Å². The summed E-state index contributed by atoms with van der Waals surface area (Å²) in [4.78, 5) is 38.5. The highest BCUT2D eigenvalue weighted by Gasteiger charge is 2.35. The first-order valence-electron chi connectivity index (χ1n) is 12.1. The number of alkyl halides is 3. The van der Waals surface area contributed by atoms with E-state index in [9.17, 15) is 27.6 Å². The molecule has 0 saturated carbocycles. The Morgan fingerprint density at radius 1 is 1.05 bits per heavy atom. The van der Waals surface area contributed by atoms with E-state index in [0.29, 0.717) is 22.7 Å². The topological polar surface area (TPSA) is 109 Å². The average molecular weight is 555 g/mol. The van der Waals surface area contributed by atoms with Crippen molar-refractivity contribution in [2.24, 2.45) is 11.0 Å². The van der Waals surface area contributed by atoms with Crippen LogP contribution < -0.4 is 25.1 Å². The minimum Gasteiger partial charge on any atom is -0.497 e. The highest BCUT2D eigenvalue weighted by molar-refractivity contribution is 6.00. The third kappa shape index (κ3) is 7.37. The second-order valence-corrected chi connectivity index (χ2v) is 8.82. The number of halogens is 3. The first-order valence-corrected chi connectivity index (χ1v) is 12.1. The fraction of sp³-hybridized carbons (Fsp3) is 0.214. The second kappa shape index (κ2) is 12.3. The predicted molar refractivity (Wildman–Crippen MR) is 141 cm³/mol. The number of hydrogen-bond donors (Lipinski definition) is 2. The van der Waals surface area contributed by atoms with Crippen LogP contribution in [0.2, 0.25) is 0 Å². The van der Waals surface area contributed by atoms with Gasteiger partial charge < -0.3 is 19.7 Å². The monoisotopic (exact) mass is 554 g/mol. The van der Waals surface area contributed by atoms with Gasteiger partial charge in [0.15, 0.2) is 6.61 Å². The summed E-state index contributed by atoms with van der Waals surface area (Å²) in [5.41, 5.74) is 2.90. The van der Waals surface area contributed by atoms with E-state index in [1.54, 1.807) is 60.5 Å². The van der Waals surface area contributed by atoms with Gasteiger partial charge in [-0.05, 0) is 72.3 Å². The maximum atomic E-state index is 12.8. The van der Waals surface area contributed by atoms with Crippen molar-refractivity contribution in [3.63, 3.8) is 0 Å². The zero-order valence-corrected chi connectivity index (χ0v) is 21.3. The van der Waals surface area contributed by atoms with Crippen molar-refractivity contribution in [2.45, 2.75) is 12.6 Å². The van der Waals surface area contributed by atoms with Crippen molar-refractivity contribution in [1.29, 1.82) is 0 Å². The van der Waals surface area contributed by atoms with Crippen LogP contribution in [0.4, 0.5) is 24.5 Å². The van der Waals surface area contributed by atoms with Crippen molar-refractivity contribution in [1.82, 2.24) is 5.43 Å². The van der Waals surface area contributed by atoms with Gasteiger partial charge in [0.2, 0.25) is 11.8 Å². The fourth-order valence-corrected chi connectivity index (χ4v) is 3.93. The standard InChI is InChI=1S/C28H25F3N4O5/c1-39-23-11-7-22(8-12-23)35-16-19(13-26(35)37)27(38)34-32-15-18-5-9-24(10-6-18)40-17-25(36)33-21-4-2-3-20(14-21)28(29,30)31/h2-12,14-15,19H,13,16-17H2,1H3,(H,33,36)(H,34,38)/b32-15+/t19-/m0/s1. The van der Waals surface area contributed by atoms with Crippen molar-refractivity contribution in [2.75, 3.05) is 30.5 Å². The van der Waals surface area contributed by atoms with Crippen LogP contribution in [-0.2, 0) is 20.6 Å². The molecule has 40 heavy (non-hydrogen) atoms. The lowest BCUT2D eigenvalue weighted by molar-refractivity contribution is -0.137. The summed E-state index contributed by atoms with van der Waals surface area (Å²) >= 11 is 0. The Morgan fingerprint density at radius 2 is 1.75 bits per heavy atom. The van der Waals surface area contributed by atoms with Crippen LogP contribution in [0.3, 0.4) is 0 Å². The van der Waals surface area contributed by atoms with E-state index in [4.69, 9.17) is 9.47 Å². The SMILES string of the molecule is COc1ccc(N2C[C@@H](C(=O)N/N=C/c3ccc(OCC(=O)Nc4cccc(C(F)(F)F)c4)cc3)CC2=O)cc1. The Balaban J connectivity index is 1.22. The third-order valence-corrected chi connectivity index (χ3v) is 5.99. The molecule has 2 N–H and O–H groups in total. The zero-order chi connectivity index (χ0) is 28.7. The smallest absolute Gasteiger partial charge is 0.416 e. The summed E-state index contributed by atoms with van der Waals surface area (Å²) in [5.74, 6) is -0.699. The molecule has 1 fully saturated rings. The molecule has 0 bridgehead atoms. The molecule has 9 nitrogen and oxygen atoms in total. The molecule has 1 saturated heterocycles. The van der Waals surface area contributed by atoms with E-state index in [0.717, 1.165) is 12.1 Å². The summed E-state index contributed by atoms with van der Waals surface area (Å²) in [7, 11) is 1.55. The number of methoxy groups -OCH3 is 1. The van der Waals surface area contributed by atoms with E-state index < -0.39 is 30.2 Å². The maximum absolute atomic E-state index is 12.8. The molecule has 0 aliphatic carbocycles. The number of carbonyl (C=O) groups is 3. The molecule has 3 aromatic carbocycles. The number of amides is 3. The van der Waals surface area contributed by atoms with Gasteiger partial charge in [0.05, 0.1) is 24.8 Å². The van der Waals surface area contributed by atoms with Gasteiger partial charge in [-0.25, -0.2) is 5.43 Å². The van der Waals surface area contributed by atoms with E-state index in [-0.39, 0.29) is 30.5 Å². The van der Waals surface area contributed by atoms with Crippen LogP contribution in [0, 0.1) is 5.92 Å². The number of nitrogens with zero attached hydrogens (tertiary/aromatic N) is 2. The van der Waals surface area contributed by atoms with E-state index in [1.165, 1.54) is 18.3 Å². The summed E-state index contributed by atoms with van der Waals surface area (Å²) in [6, 6.07) is 17.7. The molecule has 3 amide bonds. The molecule has 1 aliphatic rings. The van der Waals surface area contributed by atoms with Gasteiger partial charge in [0.1, 0.15) is 11.5 Å². The van der Waals surface area contributed by atoms with Crippen LogP contribution >= 0.6 is 0 Å². The van der Waals surface area contributed by atoms with Crippen LogP contribution in [0.25, 0.3) is 0 Å². The normalized spacial score (nSPS) is 15.2. The third-order valence-electron chi connectivity index (χ3n) is 5.99. The second-order valence-electron chi connectivity index (χ2n) is 8.82.